The maximum atomic E-state index is 12.0. The summed E-state index contributed by atoms with van der Waals surface area (Å²) >= 11 is 0. The molecule has 2 rings (SSSR count). The van der Waals surface area contributed by atoms with E-state index >= 15 is 0 Å². The Hall–Kier alpha value is -1.69. The van der Waals surface area contributed by atoms with Gasteiger partial charge in [0.05, 0.1) is 12.7 Å². The molecule has 0 unspecified atom stereocenters. The predicted octanol–water partition coefficient (Wildman–Crippen LogP) is -0.490. The van der Waals surface area contributed by atoms with Crippen molar-refractivity contribution >= 4 is 5.91 Å². The molecule has 1 saturated heterocycles. The summed E-state index contributed by atoms with van der Waals surface area (Å²) < 4.78 is 1.60. The third kappa shape index (κ3) is 2.27. The van der Waals surface area contributed by atoms with Gasteiger partial charge < -0.3 is 10.2 Å². The van der Waals surface area contributed by atoms with Gasteiger partial charge >= 0.3 is 0 Å². The average molecular weight is 221 g/mol. The molecule has 1 aliphatic heterocycles. The molecule has 1 amide bonds. The van der Waals surface area contributed by atoms with Crippen molar-refractivity contribution in [1.29, 1.82) is 0 Å². The summed E-state index contributed by atoms with van der Waals surface area (Å²) in [6.45, 7) is 7.32. The Morgan fingerprint density at radius 3 is 3.00 bits per heavy atom. The minimum Gasteiger partial charge on any atom is -0.335 e. The van der Waals surface area contributed by atoms with Crippen LogP contribution in [0.1, 0.15) is 10.5 Å². The number of hydrogen-bond acceptors (Lipinski definition) is 4. The molecule has 6 heteroatoms. The van der Waals surface area contributed by atoms with Crippen LogP contribution >= 0.6 is 0 Å². The van der Waals surface area contributed by atoms with Crippen LogP contribution in [0.3, 0.4) is 0 Å². The Labute approximate surface area is 93.9 Å². The van der Waals surface area contributed by atoms with Crippen LogP contribution in [0.25, 0.3) is 0 Å². The van der Waals surface area contributed by atoms with Gasteiger partial charge in [-0.3, -0.25) is 4.79 Å². The number of carbonyl (C=O) groups is 1. The number of rotatable bonds is 3. The largest absolute Gasteiger partial charge is 0.335 e. The van der Waals surface area contributed by atoms with Crippen molar-refractivity contribution in [3.63, 3.8) is 0 Å². The summed E-state index contributed by atoms with van der Waals surface area (Å²) in [4.78, 5) is 13.8. The lowest BCUT2D eigenvalue weighted by molar-refractivity contribution is 0.0730. The highest BCUT2D eigenvalue weighted by Crippen LogP contribution is 2.02. The first kappa shape index (κ1) is 10.8. The van der Waals surface area contributed by atoms with Crippen molar-refractivity contribution in [2.75, 3.05) is 26.2 Å². The van der Waals surface area contributed by atoms with Gasteiger partial charge in [-0.25, -0.2) is 4.68 Å². The van der Waals surface area contributed by atoms with Gasteiger partial charge in [-0.1, -0.05) is 11.3 Å². The van der Waals surface area contributed by atoms with Crippen LogP contribution in [-0.4, -0.2) is 52.0 Å². The van der Waals surface area contributed by atoms with Gasteiger partial charge in [0.25, 0.3) is 5.91 Å². The fourth-order valence-electron chi connectivity index (χ4n) is 1.65. The molecule has 1 aromatic heterocycles. The third-order valence-electron chi connectivity index (χ3n) is 2.48. The minimum atomic E-state index is -0.0446. The Balaban J connectivity index is 2.04. The maximum absolute atomic E-state index is 12.0. The summed E-state index contributed by atoms with van der Waals surface area (Å²) in [6, 6.07) is 0. The molecule has 1 aliphatic rings. The van der Waals surface area contributed by atoms with E-state index in [1.165, 1.54) is 0 Å². The summed E-state index contributed by atoms with van der Waals surface area (Å²) in [5, 5.41) is 10.9. The van der Waals surface area contributed by atoms with Gasteiger partial charge in [-0.05, 0) is 0 Å². The van der Waals surface area contributed by atoms with Crippen LogP contribution in [-0.2, 0) is 6.54 Å². The highest BCUT2D eigenvalue weighted by Gasteiger charge is 2.20. The molecular formula is C10H15N5O. The standard InChI is InChI=1S/C10H15N5O/c1-2-5-15-8-9(12-13-15)10(16)14-6-3-11-4-7-14/h2,8,11H,1,3-7H2. The molecule has 1 aromatic rings. The molecule has 6 nitrogen and oxygen atoms in total. The van der Waals surface area contributed by atoms with Crippen LogP contribution in [0.15, 0.2) is 18.9 Å². The lowest BCUT2D eigenvalue weighted by Crippen LogP contribution is -2.46. The van der Waals surface area contributed by atoms with Crippen molar-refractivity contribution in [3.05, 3.63) is 24.5 Å². The summed E-state index contributed by atoms with van der Waals surface area (Å²) in [6.07, 6.45) is 3.37. The second-order valence-electron chi connectivity index (χ2n) is 3.66. The van der Waals surface area contributed by atoms with Crippen molar-refractivity contribution in [1.82, 2.24) is 25.2 Å². The van der Waals surface area contributed by atoms with Gasteiger partial charge in [-0.15, -0.1) is 11.7 Å². The molecule has 0 aromatic carbocycles. The molecule has 0 aliphatic carbocycles. The van der Waals surface area contributed by atoms with E-state index in [4.69, 9.17) is 0 Å². The summed E-state index contributed by atoms with van der Waals surface area (Å²) in [5.41, 5.74) is 0.406. The van der Waals surface area contributed by atoms with Gasteiger partial charge in [0.2, 0.25) is 0 Å². The van der Waals surface area contributed by atoms with Crippen molar-refractivity contribution in [2.24, 2.45) is 0 Å². The van der Waals surface area contributed by atoms with Crippen LogP contribution in [0, 0.1) is 0 Å². The maximum Gasteiger partial charge on any atom is 0.276 e. The zero-order chi connectivity index (χ0) is 11.4. The topological polar surface area (TPSA) is 63.1 Å². The van der Waals surface area contributed by atoms with Crippen molar-refractivity contribution < 1.29 is 4.79 Å². The Morgan fingerprint density at radius 2 is 2.31 bits per heavy atom. The highest BCUT2D eigenvalue weighted by molar-refractivity contribution is 5.92. The lowest BCUT2D eigenvalue weighted by Gasteiger charge is -2.26. The van der Waals surface area contributed by atoms with Crippen molar-refractivity contribution in [2.45, 2.75) is 6.54 Å². The zero-order valence-electron chi connectivity index (χ0n) is 9.09. The van der Waals surface area contributed by atoms with E-state index in [0.717, 1.165) is 26.2 Å². The van der Waals surface area contributed by atoms with E-state index < -0.39 is 0 Å². The molecule has 16 heavy (non-hydrogen) atoms. The number of nitrogens with one attached hydrogen (secondary N) is 1. The number of aromatic nitrogens is 3. The molecule has 2 heterocycles. The second kappa shape index (κ2) is 4.89. The van der Waals surface area contributed by atoms with Crippen molar-refractivity contribution in [3.8, 4) is 0 Å². The Morgan fingerprint density at radius 1 is 1.56 bits per heavy atom. The fraction of sp³-hybridized carbons (Fsp3) is 0.500. The molecule has 0 saturated carbocycles. The second-order valence-corrected chi connectivity index (χ2v) is 3.66. The first-order chi connectivity index (χ1) is 7.81. The van der Waals surface area contributed by atoms with E-state index in [2.05, 4.69) is 22.2 Å². The Kier molecular flexibility index (Phi) is 3.31. The highest BCUT2D eigenvalue weighted by atomic mass is 16.2. The number of amides is 1. The molecular weight excluding hydrogens is 206 g/mol. The number of carbonyl (C=O) groups excluding carboxylic acids is 1. The van der Waals surface area contributed by atoms with Crippen LogP contribution in [0.4, 0.5) is 0 Å². The Bertz CT molecular complexity index is 380. The van der Waals surface area contributed by atoms with Gasteiger partial charge in [-0.2, -0.15) is 0 Å². The number of nitrogens with zero attached hydrogens (tertiary/aromatic N) is 4. The van der Waals surface area contributed by atoms with E-state index in [9.17, 15) is 4.79 Å². The van der Waals surface area contributed by atoms with E-state index in [-0.39, 0.29) is 5.91 Å². The first-order valence-electron chi connectivity index (χ1n) is 5.32. The predicted molar refractivity (Wildman–Crippen MR) is 59.0 cm³/mol. The summed E-state index contributed by atoms with van der Waals surface area (Å²) in [5.74, 6) is -0.0446. The molecule has 0 atom stereocenters. The van der Waals surface area contributed by atoms with Crippen LogP contribution < -0.4 is 5.32 Å². The molecule has 0 bridgehead atoms. The molecule has 86 valence electrons. The lowest BCUT2D eigenvalue weighted by atomic mass is 10.3. The molecule has 1 fully saturated rings. The van der Waals surface area contributed by atoms with Gasteiger partial charge in [0.15, 0.2) is 5.69 Å². The normalized spacial score (nSPS) is 16.1. The molecule has 0 spiro atoms. The van der Waals surface area contributed by atoms with Gasteiger partial charge in [0.1, 0.15) is 0 Å². The number of piperazine rings is 1. The van der Waals surface area contributed by atoms with E-state index in [1.54, 1.807) is 21.9 Å². The third-order valence-corrected chi connectivity index (χ3v) is 2.48. The van der Waals surface area contributed by atoms with Crippen LogP contribution in [0.2, 0.25) is 0 Å². The fourth-order valence-corrected chi connectivity index (χ4v) is 1.65. The smallest absolute Gasteiger partial charge is 0.276 e. The monoisotopic (exact) mass is 221 g/mol. The van der Waals surface area contributed by atoms with Gasteiger partial charge in [0, 0.05) is 26.2 Å². The number of allylic oxidation sites excluding steroid dienone is 1. The zero-order valence-corrected chi connectivity index (χ0v) is 9.09. The average Bonchev–Trinajstić information content (AvgIpc) is 2.78. The number of hydrogen-bond donors (Lipinski definition) is 1. The molecule has 1 N–H and O–H groups in total. The van der Waals surface area contributed by atoms with E-state index in [0.29, 0.717) is 12.2 Å². The van der Waals surface area contributed by atoms with Crippen LogP contribution in [0.5, 0.6) is 0 Å². The molecule has 0 radical (unpaired) electrons. The SMILES string of the molecule is C=CCn1cc(C(=O)N2CCNCC2)nn1. The van der Waals surface area contributed by atoms with E-state index in [1.807, 2.05) is 0 Å². The quantitative estimate of drug-likeness (QED) is 0.700. The first-order valence-corrected chi connectivity index (χ1v) is 5.32. The summed E-state index contributed by atoms with van der Waals surface area (Å²) in [7, 11) is 0. The minimum absolute atomic E-state index is 0.0446.